The highest BCUT2D eigenvalue weighted by Crippen LogP contribution is 2.39. The number of fused-ring (bicyclic) bond motifs is 1. The summed E-state index contributed by atoms with van der Waals surface area (Å²) in [5.74, 6) is -0.882. The molecule has 25 heavy (non-hydrogen) atoms. The molecule has 0 aliphatic carbocycles. The van der Waals surface area contributed by atoms with Crippen molar-refractivity contribution >= 4 is 21.5 Å². The van der Waals surface area contributed by atoms with E-state index < -0.39 is 21.6 Å². The average Bonchev–Trinajstić information content (AvgIpc) is 2.46. The molecular weight excluding hydrogens is 346 g/mol. The van der Waals surface area contributed by atoms with Crippen molar-refractivity contribution in [3.63, 3.8) is 0 Å². The molecule has 1 aliphatic rings. The van der Waals surface area contributed by atoms with Crippen molar-refractivity contribution < 1.29 is 27.4 Å². The van der Waals surface area contributed by atoms with Crippen molar-refractivity contribution in [1.29, 1.82) is 0 Å². The van der Waals surface area contributed by atoms with Gasteiger partial charge in [0.1, 0.15) is 22.8 Å². The Kier molecular flexibility index (Phi) is 3.87. The predicted octanol–water partition coefficient (Wildman–Crippen LogP) is 2.75. The van der Waals surface area contributed by atoms with Crippen molar-refractivity contribution in [2.24, 2.45) is 0 Å². The third-order valence-electron chi connectivity index (χ3n) is 3.52. The zero-order valence-electron chi connectivity index (χ0n) is 13.9. The molecule has 7 nitrogen and oxygen atoms in total. The quantitative estimate of drug-likeness (QED) is 0.660. The maximum atomic E-state index is 12.3. The number of carbonyl (C=O) groups excluding carboxylic acids is 1. The molecule has 1 aliphatic heterocycles. The molecule has 0 radical (unpaired) electrons. The van der Waals surface area contributed by atoms with Crippen LogP contribution in [0.4, 0.5) is 5.69 Å². The lowest BCUT2D eigenvalue weighted by Crippen LogP contribution is -2.38. The molecule has 0 atom stereocenters. The molecule has 0 bridgehead atoms. The second kappa shape index (κ2) is 5.66. The van der Waals surface area contributed by atoms with Crippen LogP contribution in [0, 0.1) is 0 Å². The van der Waals surface area contributed by atoms with Gasteiger partial charge in [0, 0.05) is 20.1 Å². The number of hydrogen-bond donors (Lipinski definition) is 1. The standard InChI is InChI=1S/C17H17NO6S/c1-17(2)23-14-6-4-5-13(15(14)16(19)24-17)22-12-8-7-10(9-11(12)18)25(3,20)21/h4-9H,18H2,1-3H3. The van der Waals surface area contributed by atoms with E-state index in [2.05, 4.69) is 0 Å². The number of sulfone groups is 1. The number of carbonyl (C=O) groups is 1. The molecule has 2 N–H and O–H groups in total. The van der Waals surface area contributed by atoms with Crippen LogP contribution in [0.1, 0.15) is 24.2 Å². The molecule has 0 aromatic heterocycles. The number of benzene rings is 2. The molecule has 2 aromatic carbocycles. The highest BCUT2D eigenvalue weighted by atomic mass is 32.2. The van der Waals surface area contributed by atoms with Crippen molar-refractivity contribution in [1.82, 2.24) is 0 Å². The zero-order chi connectivity index (χ0) is 18.4. The number of nitrogen functional groups attached to an aromatic ring is 1. The second-order valence-corrected chi connectivity index (χ2v) is 8.11. The van der Waals surface area contributed by atoms with Crippen molar-refractivity contribution in [3.8, 4) is 17.2 Å². The van der Waals surface area contributed by atoms with E-state index in [4.69, 9.17) is 19.9 Å². The molecule has 3 rings (SSSR count). The zero-order valence-corrected chi connectivity index (χ0v) is 14.7. The second-order valence-electron chi connectivity index (χ2n) is 6.09. The third kappa shape index (κ3) is 3.39. The highest BCUT2D eigenvalue weighted by molar-refractivity contribution is 7.90. The van der Waals surface area contributed by atoms with Gasteiger partial charge in [-0.2, -0.15) is 0 Å². The Morgan fingerprint density at radius 3 is 2.44 bits per heavy atom. The first-order valence-corrected chi connectivity index (χ1v) is 9.29. The van der Waals surface area contributed by atoms with Gasteiger partial charge in [-0.25, -0.2) is 13.2 Å². The number of nitrogens with two attached hydrogens (primary N) is 1. The summed E-state index contributed by atoms with van der Waals surface area (Å²) in [5.41, 5.74) is 6.16. The minimum Gasteiger partial charge on any atom is -0.454 e. The number of esters is 1. The summed E-state index contributed by atoms with van der Waals surface area (Å²) in [6, 6.07) is 9.01. The molecule has 0 spiro atoms. The topological polar surface area (TPSA) is 105 Å². The van der Waals surface area contributed by atoms with E-state index in [0.717, 1.165) is 6.26 Å². The molecule has 2 aromatic rings. The van der Waals surface area contributed by atoms with Gasteiger partial charge < -0.3 is 19.9 Å². The van der Waals surface area contributed by atoms with Crippen molar-refractivity contribution in [2.75, 3.05) is 12.0 Å². The molecule has 0 saturated carbocycles. The van der Waals surface area contributed by atoms with Crippen LogP contribution in [-0.2, 0) is 14.6 Å². The predicted molar refractivity (Wildman–Crippen MR) is 90.6 cm³/mol. The van der Waals surface area contributed by atoms with Gasteiger partial charge in [0.05, 0.1) is 10.6 Å². The van der Waals surface area contributed by atoms with Gasteiger partial charge in [0.25, 0.3) is 0 Å². The SMILES string of the molecule is CC1(C)OC(=O)c2c(Oc3ccc(S(C)(=O)=O)cc3N)cccc2O1. The van der Waals surface area contributed by atoms with Gasteiger partial charge >= 0.3 is 5.97 Å². The fourth-order valence-electron chi connectivity index (χ4n) is 2.41. The molecule has 0 saturated heterocycles. The normalized spacial score (nSPS) is 15.7. The highest BCUT2D eigenvalue weighted by Gasteiger charge is 2.36. The Labute approximate surface area is 145 Å². The molecule has 0 unspecified atom stereocenters. The van der Waals surface area contributed by atoms with Crippen LogP contribution in [0.25, 0.3) is 0 Å². The van der Waals surface area contributed by atoms with Crippen LogP contribution in [0.2, 0.25) is 0 Å². The van der Waals surface area contributed by atoms with E-state index in [1.807, 2.05) is 0 Å². The lowest BCUT2D eigenvalue weighted by atomic mass is 10.1. The van der Waals surface area contributed by atoms with Crippen LogP contribution in [0.15, 0.2) is 41.3 Å². The average molecular weight is 363 g/mol. The first-order valence-electron chi connectivity index (χ1n) is 7.40. The minimum absolute atomic E-state index is 0.0805. The van der Waals surface area contributed by atoms with Crippen LogP contribution in [0.5, 0.6) is 17.2 Å². The van der Waals surface area contributed by atoms with Crippen LogP contribution >= 0.6 is 0 Å². The Bertz CT molecular complexity index is 965. The van der Waals surface area contributed by atoms with Gasteiger partial charge in [-0.1, -0.05) is 6.07 Å². The summed E-state index contributed by atoms with van der Waals surface area (Å²) in [4.78, 5) is 12.4. The summed E-state index contributed by atoms with van der Waals surface area (Å²) in [6.45, 7) is 3.26. The van der Waals surface area contributed by atoms with Gasteiger partial charge in [-0.05, 0) is 30.3 Å². The number of anilines is 1. The number of ether oxygens (including phenoxy) is 3. The fourth-order valence-corrected chi connectivity index (χ4v) is 3.07. The Morgan fingerprint density at radius 2 is 1.80 bits per heavy atom. The van der Waals surface area contributed by atoms with E-state index in [9.17, 15) is 13.2 Å². The van der Waals surface area contributed by atoms with Crippen LogP contribution in [0.3, 0.4) is 0 Å². The molecule has 132 valence electrons. The summed E-state index contributed by atoms with van der Waals surface area (Å²) in [5, 5.41) is 0. The van der Waals surface area contributed by atoms with Gasteiger partial charge in [-0.15, -0.1) is 0 Å². The van der Waals surface area contributed by atoms with Gasteiger partial charge in [0.15, 0.2) is 9.84 Å². The molecule has 1 heterocycles. The Balaban J connectivity index is 1.99. The summed E-state index contributed by atoms with van der Waals surface area (Å²) in [7, 11) is -3.38. The monoisotopic (exact) mass is 363 g/mol. The number of cyclic esters (lactones) is 1. The Morgan fingerprint density at radius 1 is 1.08 bits per heavy atom. The van der Waals surface area contributed by atoms with E-state index in [1.54, 1.807) is 32.0 Å². The fraction of sp³-hybridized carbons (Fsp3) is 0.235. The summed E-state index contributed by atoms with van der Waals surface area (Å²) >= 11 is 0. The van der Waals surface area contributed by atoms with E-state index >= 15 is 0 Å². The third-order valence-corrected chi connectivity index (χ3v) is 4.63. The molecular formula is C17H17NO6S. The van der Waals surface area contributed by atoms with E-state index in [-0.39, 0.29) is 27.6 Å². The summed E-state index contributed by atoms with van der Waals surface area (Å²) in [6.07, 6.45) is 1.09. The maximum absolute atomic E-state index is 12.3. The summed E-state index contributed by atoms with van der Waals surface area (Å²) < 4.78 is 39.7. The Hall–Kier alpha value is -2.74. The smallest absolute Gasteiger partial charge is 0.349 e. The largest absolute Gasteiger partial charge is 0.454 e. The van der Waals surface area contributed by atoms with Gasteiger partial charge in [0.2, 0.25) is 5.79 Å². The van der Waals surface area contributed by atoms with E-state index in [0.29, 0.717) is 5.75 Å². The minimum atomic E-state index is -3.38. The first-order chi connectivity index (χ1) is 11.6. The van der Waals surface area contributed by atoms with Crippen LogP contribution < -0.4 is 15.2 Å². The van der Waals surface area contributed by atoms with Gasteiger partial charge in [-0.3, -0.25) is 0 Å². The van der Waals surface area contributed by atoms with Crippen LogP contribution in [-0.4, -0.2) is 26.4 Å². The molecule has 0 amide bonds. The van der Waals surface area contributed by atoms with E-state index in [1.165, 1.54) is 18.2 Å². The maximum Gasteiger partial charge on any atom is 0.349 e. The van der Waals surface area contributed by atoms with Crippen molar-refractivity contribution in [3.05, 3.63) is 42.0 Å². The molecule has 8 heteroatoms. The number of rotatable bonds is 3. The first kappa shape index (κ1) is 17.1. The lowest BCUT2D eigenvalue weighted by molar-refractivity contribution is -0.127. The lowest BCUT2D eigenvalue weighted by Gasteiger charge is -2.32. The van der Waals surface area contributed by atoms with Crippen molar-refractivity contribution in [2.45, 2.75) is 24.5 Å². The molecule has 0 fully saturated rings. The number of hydrogen-bond acceptors (Lipinski definition) is 7.